The lowest BCUT2D eigenvalue weighted by Crippen LogP contribution is -2.45. The standard InChI is InChI=1S/C7H12F5N/c1-3-4-13(2)5-6(8,9)7(10,11)12/h3-5H2,1-2H3. The summed E-state index contributed by atoms with van der Waals surface area (Å²) in [6.45, 7) is 0.665. The third-order valence-corrected chi connectivity index (χ3v) is 1.49. The van der Waals surface area contributed by atoms with Crippen molar-refractivity contribution < 1.29 is 22.0 Å². The van der Waals surface area contributed by atoms with Gasteiger partial charge in [0.1, 0.15) is 0 Å². The van der Waals surface area contributed by atoms with Crippen LogP contribution in [0.1, 0.15) is 13.3 Å². The van der Waals surface area contributed by atoms with Crippen LogP contribution in [-0.2, 0) is 0 Å². The fraction of sp³-hybridized carbons (Fsp3) is 1.00. The minimum absolute atomic E-state index is 0.228. The van der Waals surface area contributed by atoms with Crippen molar-refractivity contribution in [2.75, 3.05) is 20.1 Å². The van der Waals surface area contributed by atoms with Crippen LogP contribution < -0.4 is 0 Å². The first kappa shape index (κ1) is 12.6. The highest BCUT2D eigenvalue weighted by Gasteiger charge is 2.57. The Bertz CT molecular complexity index is 153. The van der Waals surface area contributed by atoms with Gasteiger partial charge in [-0.05, 0) is 20.0 Å². The average Bonchev–Trinajstić information content (AvgIpc) is 1.83. The summed E-state index contributed by atoms with van der Waals surface area (Å²) in [6.07, 6.45) is -4.90. The average molecular weight is 205 g/mol. The van der Waals surface area contributed by atoms with Gasteiger partial charge >= 0.3 is 12.1 Å². The molecule has 0 saturated heterocycles. The quantitative estimate of drug-likeness (QED) is 0.637. The van der Waals surface area contributed by atoms with Crippen molar-refractivity contribution in [2.24, 2.45) is 0 Å². The number of halogens is 5. The van der Waals surface area contributed by atoms with Crippen molar-refractivity contribution in [3.05, 3.63) is 0 Å². The first-order chi connectivity index (χ1) is 5.70. The van der Waals surface area contributed by atoms with E-state index in [1.165, 1.54) is 7.05 Å². The number of alkyl halides is 5. The fourth-order valence-corrected chi connectivity index (χ4v) is 0.889. The van der Waals surface area contributed by atoms with Gasteiger partial charge in [-0.15, -0.1) is 0 Å². The minimum Gasteiger partial charge on any atom is -0.300 e. The summed E-state index contributed by atoms with van der Waals surface area (Å²) in [6, 6.07) is 0. The lowest BCUT2D eigenvalue weighted by Gasteiger charge is -2.24. The molecule has 0 amide bonds. The zero-order chi connectivity index (χ0) is 10.7. The molecule has 0 atom stereocenters. The molecule has 0 aromatic carbocycles. The van der Waals surface area contributed by atoms with Crippen LogP contribution in [0, 0.1) is 0 Å². The molecule has 80 valence electrons. The van der Waals surface area contributed by atoms with Gasteiger partial charge < -0.3 is 4.90 Å². The Labute approximate surface area is 73.5 Å². The van der Waals surface area contributed by atoms with Gasteiger partial charge in [-0.1, -0.05) is 6.92 Å². The zero-order valence-electron chi connectivity index (χ0n) is 7.46. The molecule has 13 heavy (non-hydrogen) atoms. The third kappa shape index (κ3) is 3.89. The fourth-order valence-electron chi connectivity index (χ4n) is 0.889. The van der Waals surface area contributed by atoms with Crippen molar-refractivity contribution in [3.63, 3.8) is 0 Å². The van der Waals surface area contributed by atoms with Crippen LogP contribution in [0.2, 0.25) is 0 Å². The number of hydrogen-bond acceptors (Lipinski definition) is 1. The second-order valence-electron chi connectivity index (χ2n) is 2.94. The highest BCUT2D eigenvalue weighted by Crippen LogP contribution is 2.35. The smallest absolute Gasteiger partial charge is 0.300 e. The van der Waals surface area contributed by atoms with Gasteiger partial charge in [0.2, 0.25) is 0 Å². The molecule has 0 unspecified atom stereocenters. The normalized spacial score (nSPS) is 13.8. The van der Waals surface area contributed by atoms with E-state index < -0.39 is 18.6 Å². The lowest BCUT2D eigenvalue weighted by atomic mass is 10.3. The van der Waals surface area contributed by atoms with Crippen LogP contribution in [0.3, 0.4) is 0 Å². The van der Waals surface area contributed by atoms with Gasteiger partial charge in [0.05, 0.1) is 6.54 Å². The summed E-state index contributed by atoms with van der Waals surface area (Å²) in [7, 11) is 1.24. The van der Waals surface area contributed by atoms with E-state index in [0.717, 1.165) is 4.90 Å². The van der Waals surface area contributed by atoms with Gasteiger partial charge in [0.15, 0.2) is 0 Å². The number of nitrogens with zero attached hydrogens (tertiary/aromatic N) is 1. The predicted molar refractivity (Wildman–Crippen MR) is 38.8 cm³/mol. The van der Waals surface area contributed by atoms with Crippen molar-refractivity contribution in [1.29, 1.82) is 0 Å². The summed E-state index contributed by atoms with van der Waals surface area (Å²) in [4.78, 5) is 0.966. The molecular weight excluding hydrogens is 193 g/mol. The Morgan fingerprint density at radius 2 is 1.54 bits per heavy atom. The topological polar surface area (TPSA) is 3.24 Å². The molecule has 0 aromatic rings. The van der Waals surface area contributed by atoms with Gasteiger partial charge in [-0.25, -0.2) is 0 Å². The van der Waals surface area contributed by atoms with Gasteiger partial charge in [-0.2, -0.15) is 22.0 Å². The van der Waals surface area contributed by atoms with Crippen LogP contribution in [0.15, 0.2) is 0 Å². The van der Waals surface area contributed by atoms with Gasteiger partial charge in [0, 0.05) is 0 Å². The molecule has 1 nitrogen and oxygen atoms in total. The molecule has 0 bridgehead atoms. The highest BCUT2D eigenvalue weighted by atomic mass is 19.4. The number of hydrogen-bond donors (Lipinski definition) is 0. The van der Waals surface area contributed by atoms with Gasteiger partial charge in [0.25, 0.3) is 0 Å². The van der Waals surface area contributed by atoms with Crippen molar-refractivity contribution in [3.8, 4) is 0 Å². The summed E-state index contributed by atoms with van der Waals surface area (Å²) in [5.74, 6) is -4.61. The molecule has 0 aliphatic heterocycles. The summed E-state index contributed by atoms with van der Waals surface area (Å²) in [5.41, 5.74) is 0. The summed E-state index contributed by atoms with van der Waals surface area (Å²) in [5, 5.41) is 0. The van der Waals surface area contributed by atoms with Crippen LogP contribution in [0.5, 0.6) is 0 Å². The molecule has 0 rings (SSSR count). The van der Waals surface area contributed by atoms with E-state index in [9.17, 15) is 22.0 Å². The van der Waals surface area contributed by atoms with Crippen molar-refractivity contribution in [1.82, 2.24) is 4.90 Å². The third-order valence-electron chi connectivity index (χ3n) is 1.49. The summed E-state index contributed by atoms with van der Waals surface area (Å²) >= 11 is 0. The van der Waals surface area contributed by atoms with Crippen molar-refractivity contribution in [2.45, 2.75) is 25.4 Å². The Morgan fingerprint density at radius 3 is 1.85 bits per heavy atom. The molecule has 0 aromatic heterocycles. The van der Waals surface area contributed by atoms with Crippen molar-refractivity contribution >= 4 is 0 Å². The molecule has 0 aliphatic rings. The maximum absolute atomic E-state index is 12.3. The molecule has 0 heterocycles. The molecule has 0 saturated carbocycles. The van der Waals surface area contributed by atoms with Crippen LogP contribution in [0.25, 0.3) is 0 Å². The SMILES string of the molecule is CCCN(C)CC(F)(F)C(F)(F)F. The van der Waals surface area contributed by atoms with E-state index in [-0.39, 0.29) is 6.54 Å². The Balaban J connectivity index is 4.17. The first-order valence-corrected chi connectivity index (χ1v) is 3.84. The molecule has 0 spiro atoms. The van der Waals surface area contributed by atoms with Crippen LogP contribution >= 0.6 is 0 Å². The van der Waals surface area contributed by atoms with Crippen LogP contribution in [-0.4, -0.2) is 37.1 Å². The first-order valence-electron chi connectivity index (χ1n) is 3.84. The van der Waals surface area contributed by atoms with E-state index in [2.05, 4.69) is 0 Å². The molecule has 0 N–H and O–H groups in total. The lowest BCUT2D eigenvalue weighted by molar-refractivity contribution is -0.285. The van der Waals surface area contributed by atoms with E-state index in [1.54, 1.807) is 6.92 Å². The molecule has 0 aliphatic carbocycles. The Kier molecular flexibility index (Phi) is 4.09. The number of rotatable bonds is 4. The minimum atomic E-state index is -5.45. The molecule has 6 heteroatoms. The maximum Gasteiger partial charge on any atom is 0.454 e. The highest BCUT2D eigenvalue weighted by molar-refractivity contribution is 4.78. The molecule has 0 fully saturated rings. The Morgan fingerprint density at radius 1 is 1.08 bits per heavy atom. The molecule has 0 radical (unpaired) electrons. The summed E-state index contributed by atoms with van der Waals surface area (Å²) < 4.78 is 59.6. The van der Waals surface area contributed by atoms with E-state index in [1.807, 2.05) is 0 Å². The van der Waals surface area contributed by atoms with Gasteiger partial charge in [-0.3, -0.25) is 0 Å². The second-order valence-corrected chi connectivity index (χ2v) is 2.94. The Hall–Kier alpha value is -0.390. The largest absolute Gasteiger partial charge is 0.454 e. The maximum atomic E-state index is 12.3. The van der Waals surface area contributed by atoms with Crippen LogP contribution in [0.4, 0.5) is 22.0 Å². The molecular formula is C7H12F5N. The zero-order valence-corrected chi connectivity index (χ0v) is 7.46. The second kappa shape index (κ2) is 4.21. The van der Waals surface area contributed by atoms with E-state index in [4.69, 9.17) is 0 Å². The van der Waals surface area contributed by atoms with E-state index in [0.29, 0.717) is 6.42 Å². The predicted octanol–water partition coefficient (Wildman–Crippen LogP) is 2.53. The van der Waals surface area contributed by atoms with E-state index >= 15 is 0 Å². The monoisotopic (exact) mass is 205 g/mol.